The third-order valence-corrected chi connectivity index (χ3v) is 6.74. The van der Waals surface area contributed by atoms with Crippen LogP contribution in [-0.4, -0.2) is 70.9 Å². The summed E-state index contributed by atoms with van der Waals surface area (Å²) in [4.78, 5) is 2.19. The van der Waals surface area contributed by atoms with Crippen LogP contribution in [0.3, 0.4) is 0 Å². The molecule has 0 saturated carbocycles. The van der Waals surface area contributed by atoms with E-state index in [1.807, 2.05) is 4.90 Å². The molecule has 132 valence electrons. The highest BCUT2D eigenvalue weighted by Crippen LogP contribution is 2.26. The first kappa shape index (κ1) is 17.3. The Labute approximate surface area is 142 Å². The molecule has 3 rings (SSSR count). The van der Waals surface area contributed by atoms with Crippen molar-refractivity contribution in [2.75, 3.05) is 44.3 Å². The molecule has 1 aromatic carbocycles. The summed E-state index contributed by atoms with van der Waals surface area (Å²) in [5.74, 6) is 0.363. The van der Waals surface area contributed by atoms with E-state index < -0.39 is 20.0 Å². The monoisotopic (exact) mass is 372 g/mol. The number of hydrogen-bond donors (Lipinski definition) is 1. The first-order valence-electron chi connectivity index (χ1n) is 7.63. The van der Waals surface area contributed by atoms with Gasteiger partial charge in [-0.25, -0.2) is 12.7 Å². The van der Waals surface area contributed by atoms with Gasteiger partial charge in [-0.1, -0.05) is 12.1 Å². The number of fused-ring (bicyclic) bond motifs is 1. The Hall–Kier alpha value is -1.49. The lowest BCUT2D eigenvalue weighted by Crippen LogP contribution is -2.38. The minimum absolute atomic E-state index is 0.174. The van der Waals surface area contributed by atoms with Gasteiger partial charge in [0.15, 0.2) is 0 Å². The number of benzene rings is 1. The minimum Gasteiger partial charge on any atom is -0.341 e. The molecule has 0 amide bonds. The van der Waals surface area contributed by atoms with Crippen molar-refractivity contribution in [2.45, 2.75) is 11.3 Å². The molecule has 2 aliphatic heterocycles. The first-order valence-corrected chi connectivity index (χ1v) is 10.9. The molecule has 1 N–H and O–H groups in total. The molecule has 0 atom stereocenters. The van der Waals surface area contributed by atoms with Crippen molar-refractivity contribution in [3.05, 3.63) is 24.3 Å². The number of para-hydroxylation sites is 1. The standard InChI is InChI=1S/C14H20N4O4S2/c1-23(19,20)18-8-4-7-17(9-10-18)11-14-15-12-5-2-3-6-13(12)24(21,22)16-14/h2-3,5-6H,4,7-11H2,1H3,(H,15,16). The maximum Gasteiger partial charge on any atom is 0.286 e. The zero-order chi connectivity index (χ0) is 17.4. The van der Waals surface area contributed by atoms with Gasteiger partial charge in [-0.05, 0) is 25.1 Å². The number of amidine groups is 1. The third kappa shape index (κ3) is 3.77. The Morgan fingerprint density at radius 1 is 1.17 bits per heavy atom. The SMILES string of the molecule is CS(=O)(=O)N1CCCN(CC2=NS(=O)(=O)c3ccccc3N2)CC1. The molecule has 1 saturated heterocycles. The van der Waals surface area contributed by atoms with Crippen LogP contribution in [0.1, 0.15) is 6.42 Å². The fourth-order valence-corrected chi connectivity index (χ4v) is 4.90. The van der Waals surface area contributed by atoms with Crippen LogP contribution in [0.4, 0.5) is 5.69 Å². The van der Waals surface area contributed by atoms with Crippen LogP contribution in [0, 0.1) is 0 Å². The van der Waals surface area contributed by atoms with Crippen LogP contribution in [-0.2, 0) is 20.0 Å². The average molecular weight is 372 g/mol. The highest BCUT2D eigenvalue weighted by molar-refractivity contribution is 7.90. The summed E-state index contributed by atoms with van der Waals surface area (Å²) in [6.45, 7) is 2.45. The van der Waals surface area contributed by atoms with Gasteiger partial charge in [0.1, 0.15) is 10.7 Å². The first-order chi connectivity index (χ1) is 11.3. The van der Waals surface area contributed by atoms with Crippen molar-refractivity contribution in [3.63, 3.8) is 0 Å². The lowest BCUT2D eigenvalue weighted by Gasteiger charge is -2.24. The average Bonchev–Trinajstić information content (AvgIpc) is 2.72. The van der Waals surface area contributed by atoms with Crippen LogP contribution in [0.2, 0.25) is 0 Å². The van der Waals surface area contributed by atoms with E-state index >= 15 is 0 Å². The molecule has 2 aliphatic rings. The second kappa shape index (κ2) is 6.43. The lowest BCUT2D eigenvalue weighted by molar-refractivity contribution is 0.325. The summed E-state index contributed by atoms with van der Waals surface area (Å²) in [6.07, 6.45) is 1.91. The van der Waals surface area contributed by atoms with E-state index in [2.05, 4.69) is 9.71 Å². The summed E-state index contributed by atoms with van der Waals surface area (Å²) in [5, 5.41) is 3.06. The molecule has 0 spiro atoms. The quantitative estimate of drug-likeness (QED) is 0.812. The van der Waals surface area contributed by atoms with E-state index in [9.17, 15) is 16.8 Å². The number of sulfonamides is 2. The van der Waals surface area contributed by atoms with Gasteiger partial charge >= 0.3 is 0 Å². The summed E-state index contributed by atoms with van der Waals surface area (Å²) in [5.41, 5.74) is 0.523. The Bertz CT molecular complexity index is 865. The molecule has 0 radical (unpaired) electrons. The van der Waals surface area contributed by atoms with Crippen molar-refractivity contribution in [2.24, 2.45) is 4.40 Å². The molecule has 8 nitrogen and oxygen atoms in total. The normalized spacial score (nSPS) is 22.1. The van der Waals surface area contributed by atoms with Gasteiger partial charge in [0.2, 0.25) is 10.0 Å². The van der Waals surface area contributed by atoms with Gasteiger partial charge in [-0.15, -0.1) is 4.40 Å². The molecular formula is C14H20N4O4S2. The molecule has 2 heterocycles. The van der Waals surface area contributed by atoms with Crippen molar-refractivity contribution in [1.29, 1.82) is 0 Å². The van der Waals surface area contributed by atoms with Crippen molar-refractivity contribution in [3.8, 4) is 0 Å². The number of nitrogens with one attached hydrogen (secondary N) is 1. The van der Waals surface area contributed by atoms with Gasteiger partial charge < -0.3 is 5.32 Å². The molecule has 0 bridgehead atoms. The van der Waals surface area contributed by atoms with Crippen LogP contribution in [0.25, 0.3) is 0 Å². The maximum absolute atomic E-state index is 12.2. The van der Waals surface area contributed by atoms with E-state index in [0.29, 0.717) is 50.7 Å². The Morgan fingerprint density at radius 2 is 1.92 bits per heavy atom. The van der Waals surface area contributed by atoms with E-state index in [-0.39, 0.29) is 4.90 Å². The number of nitrogens with zero attached hydrogens (tertiary/aromatic N) is 3. The zero-order valence-electron chi connectivity index (χ0n) is 13.3. The Morgan fingerprint density at radius 3 is 2.67 bits per heavy atom. The molecule has 1 aromatic rings. The predicted octanol–water partition coefficient (Wildman–Crippen LogP) is 0.167. The minimum atomic E-state index is -3.69. The van der Waals surface area contributed by atoms with Crippen molar-refractivity contribution < 1.29 is 16.8 Å². The summed E-state index contributed by atoms with van der Waals surface area (Å²) >= 11 is 0. The molecular weight excluding hydrogens is 352 g/mol. The molecule has 0 aromatic heterocycles. The summed E-state index contributed by atoms with van der Waals surface area (Å²) in [6, 6.07) is 6.65. The van der Waals surface area contributed by atoms with E-state index in [1.54, 1.807) is 18.2 Å². The second-order valence-corrected chi connectivity index (χ2v) is 9.48. The van der Waals surface area contributed by atoms with E-state index in [0.717, 1.165) is 0 Å². The molecule has 10 heteroatoms. The zero-order valence-corrected chi connectivity index (χ0v) is 15.0. The molecule has 1 fully saturated rings. The van der Waals surface area contributed by atoms with E-state index in [1.165, 1.54) is 16.6 Å². The number of anilines is 1. The van der Waals surface area contributed by atoms with Crippen LogP contribution in [0.15, 0.2) is 33.6 Å². The van der Waals surface area contributed by atoms with Crippen LogP contribution >= 0.6 is 0 Å². The molecule has 24 heavy (non-hydrogen) atoms. The maximum atomic E-state index is 12.2. The van der Waals surface area contributed by atoms with Gasteiger partial charge in [-0.2, -0.15) is 8.42 Å². The fourth-order valence-electron chi connectivity index (χ4n) is 2.88. The Kier molecular flexibility index (Phi) is 4.65. The highest BCUT2D eigenvalue weighted by atomic mass is 32.2. The van der Waals surface area contributed by atoms with Gasteiger partial charge in [0, 0.05) is 19.6 Å². The van der Waals surface area contributed by atoms with Gasteiger partial charge in [0.05, 0.1) is 18.5 Å². The number of hydrogen-bond acceptors (Lipinski definition) is 6. The van der Waals surface area contributed by atoms with E-state index in [4.69, 9.17) is 0 Å². The molecule has 0 unspecified atom stereocenters. The summed E-state index contributed by atoms with van der Waals surface area (Å²) in [7, 11) is -6.89. The number of rotatable bonds is 3. The van der Waals surface area contributed by atoms with Gasteiger partial charge in [-0.3, -0.25) is 4.90 Å². The highest BCUT2D eigenvalue weighted by Gasteiger charge is 2.27. The largest absolute Gasteiger partial charge is 0.341 e. The lowest BCUT2D eigenvalue weighted by atomic mass is 10.3. The van der Waals surface area contributed by atoms with Crippen molar-refractivity contribution in [1.82, 2.24) is 9.21 Å². The topological polar surface area (TPSA) is 99.2 Å². The van der Waals surface area contributed by atoms with Gasteiger partial charge in [0.25, 0.3) is 10.0 Å². The molecule has 0 aliphatic carbocycles. The summed E-state index contributed by atoms with van der Waals surface area (Å²) < 4.78 is 53.1. The smallest absolute Gasteiger partial charge is 0.286 e. The fraction of sp³-hybridized carbons (Fsp3) is 0.500. The van der Waals surface area contributed by atoms with Crippen LogP contribution < -0.4 is 5.32 Å². The van der Waals surface area contributed by atoms with Crippen LogP contribution in [0.5, 0.6) is 0 Å². The van der Waals surface area contributed by atoms with Crippen molar-refractivity contribution >= 4 is 31.6 Å². The Balaban J connectivity index is 1.72. The predicted molar refractivity (Wildman–Crippen MR) is 92.2 cm³/mol. The third-order valence-electron chi connectivity index (χ3n) is 4.06. The second-order valence-electron chi connectivity index (χ2n) is 5.93.